The van der Waals surface area contributed by atoms with Crippen LogP contribution < -0.4 is 16.0 Å². The smallest absolute Gasteiger partial charge is 0.287 e. The highest BCUT2D eigenvalue weighted by atomic mass is 16.3. The van der Waals surface area contributed by atoms with E-state index in [2.05, 4.69) is 25.5 Å². The van der Waals surface area contributed by atoms with Crippen molar-refractivity contribution in [2.45, 2.75) is 19.9 Å². The van der Waals surface area contributed by atoms with Crippen LogP contribution in [0.4, 0.5) is 0 Å². The van der Waals surface area contributed by atoms with Crippen LogP contribution in [-0.4, -0.2) is 43.1 Å². The first-order valence-corrected chi connectivity index (χ1v) is 8.08. The standard InChI is InChI=1S/C17H25N5O2/c1-14-6-13-24-15(14)16(23)19-7-5-8-20-17(18-2)21-9-12-22-10-3-4-11-22/h3-4,6,10-11,13H,5,7-9,12H2,1-2H3,(H,19,23)(H2,18,20,21). The van der Waals surface area contributed by atoms with E-state index in [1.807, 2.05) is 31.5 Å². The van der Waals surface area contributed by atoms with Gasteiger partial charge in [-0.2, -0.15) is 0 Å². The van der Waals surface area contributed by atoms with Crippen molar-refractivity contribution in [3.8, 4) is 0 Å². The maximum Gasteiger partial charge on any atom is 0.287 e. The normalized spacial score (nSPS) is 11.3. The number of hydrogen-bond acceptors (Lipinski definition) is 3. The van der Waals surface area contributed by atoms with Gasteiger partial charge >= 0.3 is 0 Å². The summed E-state index contributed by atoms with van der Waals surface area (Å²) < 4.78 is 7.26. The fourth-order valence-corrected chi connectivity index (χ4v) is 2.23. The fraction of sp³-hybridized carbons (Fsp3) is 0.412. The van der Waals surface area contributed by atoms with Crippen molar-refractivity contribution in [2.75, 3.05) is 26.7 Å². The van der Waals surface area contributed by atoms with Crippen LogP contribution >= 0.6 is 0 Å². The molecule has 130 valence electrons. The Balaban J connectivity index is 1.57. The minimum Gasteiger partial charge on any atom is -0.459 e. The van der Waals surface area contributed by atoms with Crippen molar-refractivity contribution in [2.24, 2.45) is 4.99 Å². The Hall–Kier alpha value is -2.70. The van der Waals surface area contributed by atoms with Gasteiger partial charge in [0.2, 0.25) is 0 Å². The number of nitrogens with one attached hydrogen (secondary N) is 3. The Kier molecular flexibility index (Phi) is 6.94. The van der Waals surface area contributed by atoms with Gasteiger partial charge in [-0.15, -0.1) is 0 Å². The Labute approximate surface area is 142 Å². The minimum atomic E-state index is -0.174. The molecule has 7 nitrogen and oxygen atoms in total. The largest absolute Gasteiger partial charge is 0.459 e. The summed E-state index contributed by atoms with van der Waals surface area (Å²) in [4.78, 5) is 16.0. The van der Waals surface area contributed by atoms with Crippen LogP contribution in [0.3, 0.4) is 0 Å². The molecule has 1 amide bonds. The molecule has 0 spiro atoms. The summed E-state index contributed by atoms with van der Waals surface area (Å²) in [7, 11) is 1.74. The molecule has 0 unspecified atom stereocenters. The quantitative estimate of drug-likeness (QED) is 0.388. The summed E-state index contributed by atoms with van der Waals surface area (Å²) >= 11 is 0. The van der Waals surface area contributed by atoms with E-state index in [4.69, 9.17) is 4.42 Å². The first-order chi connectivity index (χ1) is 11.7. The van der Waals surface area contributed by atoms with Gasteiger partial charge in [0.05, 0.1) is 6.26 Å². The highest BCUT2D eigenvalue weighted by Crippen LogP contribution is 2.07. The van der Waals surface area contributed by atoms with E-state index >= 15 is 0 Å². The lowest BCUT2D eigenvalue weighted by Crippen LogP contribution is -2.40. The molecule has 2 rings (SSSR count). The van der Waals surface area contributed by atoms with Gasteiger partial charge in [0.1, 0.15) is 0 Å². The van der Waals surface area contributed by atoms with Crippen LogP contribution in [-0.2, 0) is 6.54 Å². The molecule has 0 fully saturated rings. The van der Waals surface area contributed by atoms with E-state index in [0.29, 0.717) is 12.3 Å². The fourth-order valence-electron chi connectivity index (χ4n) is 2.23. The van der Waals surface area contributed by atoms with Crippen molar-refractivity contribution in [1.82, 2.24) is 20.5 Å². The lowest BCUT2D eigenvalue weighted by Gasteiger charge is -2.12. The number of hydrogen-bond donors (Lipinski definition) is 3. The number of aryl methyl sites for hydroxylation is 1. The topological polar surface area (TPSA) is 83.6 Å². The zero-order valence-electron chi connectivity index (χ0n) is 14.2. The van der Waals surface area contributed by atoms with Crippen molar-refractivity contribution < 1.29 is 9.21 Å². The predicted octanol–water partition coefficient (Wildman–Crippen LogP) is 1.37. The Morgan fingerprint density at radius 3 is 2.54 bits per heavy atom. The molecule has 0 aromatic carbocycles. The average molecular weight is 331 g/mol. The molecule has 24 heavy (non-hydrogen) atoms. The summed E-state index contributed by atoms with van der Waals surface area (Å²) in [5, 5.41) is 9.32. The van der Waals surface area contributed by atoms with Gasteiger partial charge in [-0.25, -0.2) is 0 Å². The predicted molar refractivity (Wildman–Crippen MR) is 94.2 cm³/mol. The van der Waals surface area contributed by atoms with E-state index in [0.717, 1.165) is 37.6 Å². The third kappa shape index (κ3) is 5.49. The van der Waals surface area contributed by atoms with Crippen LogP contribution in [0.2, 0.25) is 0 Å². The molecule has 0 saturated carbocycles. The Morgan fingerprint density at radius 1 is 1.17 bits per heavy atom. The maximum atomic E-state index is 11.9. The molecule has 0 aliphatic rings. The molecule has 7 heteroatoms. The third-order valence-electron chi connectivity index (χ3n) is 3.55. The second-order valence-electron chi connectivity index (χ2n) is 5.39. The summed E-state index contributed by atoms with van der Waals surface area (Å²) in [6.45, 7) is 4.82. The molecule has 0 bridgehead atoms. The second-order valence-corrected chi connectivity index (χ2v) is 5.39. The lowest BCUT2D eigenvalue weighted by molar-refractivity contribution is 0.0925. The first-order valence-electron chi connectivity index (χ1n) is 8.08. The number of aliphatic imine (C=N–C) groups is 1. The van der Waals surface area contributed by atoms with Crippen molar-refractivity contribution in [3.05, 3.63) is 48.2 Å². The lowest BCUT2D eigenvalue weighted by atomic mass is 10.2. The van der Waals surface area contributed by atoms with Crippen LogP contribution in [0.25, 0.3) is 0 Å². The highest BCUT2D eigenvalue weighted by molar-refractivity contribution is 5.92. The average Bonchev–Trinajstić information content (AvgIpc) is 3.24. The molecule has 2 aromatic heterocycles. The molecule has 0 atom stereocenters. The van der Waals surface area contributed by atoms with Crippen LogP contribution in [0.1, 0.15) is 22.5 Å². The SMILES string of the molecule is CN=C(NCCCNC(=O)c1occc1C)NCCn1cccc1. The van der Waals surface area contributed by atoms with Crippen molar-refractivity contribution in [3.63, 3.8) is 0 Å². The van der Waals surface area contributed by atoms with Gasteiger partial charge in [0.25, 0.3) is 5.91 Å². The minimum absolute atomic E-state index is 0.174. The molecule has 0 aliphatic carbocycles. The number of guanidine groups is 1. The Bertz CT molecular complexity index is 646. The second kappa shape index (κ2) is 9.44. The van der Waals surface area contributed by atoms with Crippen LogP contribution in [0.15, 0.2) is 46.3 Å². The van der Waals surface area contributed by atoms with Gasteiger partial charge in [-0.3, -0.25) is 9.79 Å². The Morgan fingerprint density at radius 2 is 1.88 bits per heavy atom. The van der Waals surface area contributed by atoms with Crippen molar-refractivity contribution in [1.29, 1.82) is 0 Å². The van der Waals surface area contributed by atoms with Crippen molar-refractivity contribution >= 4 is 11.9 Å². The van der Waals surface area contributed by atoms with Gasteiger partial charge in [-0.1, -0.05) is 0 Å². The van der Waals surface area contributed by atoms with Gasteiger partial charge in [0.15, 0.2) is 11.7 Å². The zero-order valence-corrected chi connectivity index (χ0v) is 14.2. The number of carbonyl (C=O) groups excluding carboxylic acids is 1. The van der Waals surface area contributed by atoms with Gasteiger partial charge in [0, 0.05) is 51.2 Å². The molecule has 3 N–H and O–H groups in total. The summed E-state index contributed by atoms with van der Waals surface area (Å²) in [6.07, 6.45) is 6.38. The summed E-state index contributed by atoms with van der Waals surface area (Å²) in [5.74, 6) is 0.965. The monoisotopic (exact) mass is 331 g/mol. The summed E-state index contributed by atoms with van der Waals surface area (Å²) in [5.41, 5.74) is 0.845. The van der Waals surface area contributed by atoms with Crippen LogP contribution in [0, 0.1) is 6.92 Å². The molecule has 0 saturated heterocycles. The number of nitrogens with zero attached hydrogens (tertiary/aromatic N) is 2. The molecular formula is C17H25N5O2. The number of amides is 1. The zero-order chi connectivity index (χ0) is 17.2. The van der Waals surface area contributed by atoms with E-state index in [1.165, 1.54) is 6.26 Å². The first kappa shape index (κ1) is 17.7. The highest BCUT2D eigenvalue weighted by Gasteiger charge is 2.11. The van der Waals surface area contributed by atoms with E-state index in [9.17, 15) is 4.79 Å². The molecule has 0 radical (unpaired) electrons. The summed E-state index contributed by atoms with van der Waals surface area (Å²) in [6, 6.07) is 5.79. The maximum absolute atomic E-state index is 11.9. The molecular weight excluding hydrogens is 306 g/mol. The molecule has 0 aliphatic heterocycles. The van der Waals surface area contributed by atoms with Crippen LogP contribution in [0.5, 0.6) is 0 Å². The molecule has 2 heterocycles. The van der Waals surface area contributed by atoms with E-state index in [-0.39, 0.29) is 5.91 Å². The number of carbonyl (C=O) groups is 1. The van der Waals surface area contributed by atoms with E-state index < -0.39 is 0 Å². The van der Waals surface area contributed by atoms with Gasteiger partial charge in [-0.05, 0) is 31.5 Å². The third-order valence-corrected chi connectivity index (χ3v) is 3.55. The number of aromatic nitrogens is 1. The molecule has 2 aromatic rings. The number of furan rings is 1. The van der Waals surface area contributed by atoms with Gasteiger partial charge < -0.3 is 24.9 Å². The van der Waals surface area contributed by atoms with E-state index in [1.54, 1.807) is 13.1 Å². The number of rotatable bonds is 8.